The smallest absolute Gasteiger partial charge is 0.325 e. The Hall–Kier alpha value is -1.27. The molecule has 0 aliphatic carbocycles. The number of aliphatic carboxylic acids is 2. The van der Waals surface area contributed by atoms with Gasteiger partial charge in [-0.3, -0.25) is 14.1 Å². The highest BCUT2D eigenvalue weighted by Gasteiger charge is 2.42. The zero-order valence-electron chi connectivity index (χ0n) is 19.8. The molecule has 0 bridgehead atoms. The zero-order valence-corrected chi connectivity index (χ0v) is 20.6. The lowest BCUT2D eigenvalue weighted by molar-refractivity contribution is -0.148. The Morgan fingerprint density at radius 2 is 1.09 bits per heavy atom. The maximum Gasteiger partial charge on any atom is 0.325 e. The van der Waals surface area contributed by atoms with Gasteiger partial charge in [0.2, 0.25) is 0 Å². The summed E-state index contributed by atoms with van der Waals surface area (Å²) in [6, 6.07) is 0. The highest BCUT2D eigenvalue weighted by molar-refractivity contribution is 7.87. The molecule has 2 atom stereocenters. The first kappa shape index (κ1) is 31.7. The lowest BCUT2D eigenvalue weighted by atomic mass is 10.0. The van der Waals surface area contributed by atoms with E-state index in [1.54, 1.807) is 0 Å². The van der Waals surface area contributed by atoms with Gasteiger partial charge in [0.05, 0.1) is 32.3 Å². The maximum atomic E-state index is 11.2. The SMILES string of the molecule is CCCCCCCCCCCCOCCOCCOCC[C@H](C(=O)O)[C@H](C(=O)O)S(=O)(=O)O. The number of hydrogen-bond acceptors (Lipinski definition) is 7. The van der Waals surface area contributed by atoms with Gasteiger partial charge in [-0.1, -0.05) is 64.7 Å². The molecule has 0 amide bonds. The maximum absolute atomic E-state index is 11.2. The van der Waals surface area contributed by atoms with Gasteiger partial charge in [0.15, 0.2) is 5.25 Å². The molecular weight excluding hydrogens is 456 g/mol. The van der Waals surface area contributed by atoms with Crippen LogP contribution in [0.4, 0.5) is 0 Å². The third kappa shape index (κ3) is 17.8. The molecule has 0 aliphatic rings. The molecule has 0 rings (SSSR count). The number of rotatable bonds is 24. The Labute approximate surface area is 197 Å². The van der Waals surface area contributed by atoms with E-state index in [4.69, 9.17) is 29.0 Å². The number of carbonyl (C=O) groups is 2. The van der Waals surface area contributed by atoms with Crippen LogP contribution in [-0.4, -0.2) is 80.0 Å². The first-order valence-corrected chi connectivity index (χ1v) is 13.4. The molecule has 196 valence electrons. The highest BCUT2D eigenvalue weighted by Crippen LogP contribution is 2.17. The van der Waals surface area contributed by atoms with E-state index in [1.165, 1.54) is 57.8 Å². The fourth-order valence-corrected chi connectivity index (χ4v) is 4.28. The van der Waals surface area contributed by atoms with Crippen molar-refractivity contribution >= 4 is 22.1 Å². The summed E-state index contributed by atoms with van der Waals surface area (Å²) >= 11 is 0. The van der Waals surface area contributed by atoms with Gasteiger partial charge >= 0.3 is 11.9 Å². The van der Waals surface area contributed by atoms with Crippen molar-refractivity contribution in [2.24, 2.45) is 5.92 Å². The average molecular weight is 499 g/mol. The Bertz CT molecular complexity index is 608. The quantitative estimate of drug-likeness (QED) is 0.133. The summed E-state index contributed by atoms with van der Waals surface area (Å²) in [5, 5.41) is 15.5. The first-order valence-electron chi connectivity index (χ1n) is 11.9. The molecule has 0 fully saturated rings. The summed E-state index contributed by atoms with van der Waals surface area (Å²) in [6.45, 7) is 3.97. The summed E-state index contributed by atoms with van der Waals surface area (Å²) in [6.07, 6.45) is 12.3. The molecule has 33 heavy (non-hydrogen) atoms. The van der Waals surface area contributed by atoms with Gasteiger partial charge in [0.1, 0.15) is 0 Å². The van der Waals surface area contributed by atoms with E-state index in [9.17, 15) is 18.0 Å². The normalized spacial score (nSPS) is 13.6. The molecule has 0 radical (unpaired) electrons. The predicted octanol–water partition coefficient (Wildman–Crippen LogP) is 3.39. The van der Waals surface area contributed by atoms with Crippen molar-refractivity contribution in [3.8, 4) is 0 Å². The average Bonchev–Trinajstić information content (AvgIpc) is 2.73. The molecule has 0 heterocycles. The molecular formula is C22H42O10S. The van der Waals surface area contributed by atoms with Crippen molar-refractivity contribution in [1.29, 1.82) is 0 Å². The van der Waals surface area contributed by atoms with Crippen LogP contribution in [-0.2, 0) is 33.9 Å². The topological polar surface area (TPSA) is 157 Å². The van der Waals surface area contributed by atoms with Crippen LogP contribution in [0.2, 0.25) is 0 Å². The second kappa shape index (κ2) is 20.1. The summed E-state index contributed by atoms with van der Waals surface area (Å²) in [5.74, 6) is -5.39. The molecule has 11 heteroatoms. The van der Waals surface area contributed by atoms with Crippen molar-refractivity contribution in [3.05, 3.63) is 0 Å². The third-order valence-corrected chi connectivity index (χ3v) is 6.38. The van der Waals surface area contributed by atoms with E-state index >= 15 is 0 Å². The molecule has 0 aliphatic heterocycles. The van der Waals surface area contributed by atoms with Crippen LogP contribution in [0.1, 0.15) is 77.6 Å². The minimum absolute atomic E-state index is 0.133. The van der Waals surface area contributed by atoms with Crippen LogP contribution in [0.5, 0.6) is 0 Å². The minimum Gasteiger partial charge on any atom is -0.481 e. The number of hydrogen-bond donors (Lipinski definition) is 3. The molecule has 0 aromatic rings. The minimum atomic E-state index is -5.06. The lowest BCUT2D eigenvalue weighted by Gasteiger charge is -2.17. The van der Waals surface area contributed by atoms with Gasteiger partial charge in [-0.05, 0) is 12.8 Å². The van der Waals surface area contributed by atoms with Crippen LogP contribution in [0.15, 0.2) is 0 Å². The van der Waals surface area contributed by atoms with Gasteiger partial charge in [-0.2, -0.15) is 8.42 Å². The second-order valence-corrected chi connectivity index (χ2v) is 9.56. The summed E-state index contributed by atoms with van der Waals surface area (Å²) < 4.78 is 47.3. The Morgan fingerprint density at radius 1 is 0.667 bits per heavy atom. The third-order valence-electron chi connectivity index (χ3n) is 5.21. The van der Waals surface area contributed by atoms with Gasteiger partial charge in [-0.25, -0.2) is 0 Å². The molecule has 10 nitrogen and oxygen atoms in total. The Balaban J connectivity index is 3.60. The Kier molecular flexibility index (Phi) is 19.4. The lowest BCUT2D eigenvalue weighted by Crippen LogP contribution is -2.41. The van der Waals surface area contributed by atoms with Gasteiger partial charge < -0.3 is 24.4 Å². The molecule has 0 unspecified atom stereocenters. The largest absolute Gasteiger partial charge is 0.481 e. The number of ether oxygens (including phenoxy) is 3. The van der Waals surface area contributed by atoms with Crippen LogP contribution in [0, 0.1) is 5.92 Å². The van der Waals surface area contributed by atoms with E-state index in [0.717, 1.165) is 6.42 Å². The fourth-order valence-electron chi connectivity index (χ4n) is 3.36. The highest BCUT2D eigenvalue weighted by atomic mass is 32.2. The standard InChI is InChI=1S/C22H42O10S/c1-2-3-4-5-6-7-8-9-10-11-13-30-15-17-32-18-16-31-14-12-19(21(23)24)20(22(25)26)33(27,28)29/h19-20H,2-18H2,1H3,(H,23,24)(H,25,26)(H,27,28,29)/t19-,20+/m0/s1. The monoisotopic (exact) mass is 498 g/mol. The number of unbranched alkanes of at least 4 members (excludes halogenated alkanes) is 9. The van der Waals surface area contributed by atoms with E-state index in [1.807, 2.05) is 0 Å². The van der Waals surface area contributed by atoms with Gasteiger partial charge in [0, 0.05) is 13.2 Å². The molecule has 0 saturated carbocycles. The van der Waals surface area contributed by atoms with E-state index < -0.39 is 33.2 Å². The fraction of sp³-hybridized carbons (Fsp3) is 0.909. The summed E-state index contributed by atoms with van der Waals surface area (Å²) in [5.41, 5.74) is 0. The van der Waals surface area contributed by atoms with Crippen molar-refractivity contribution in [2.75, 3.05) is 39.6 Å². The van der Waals surface area contributed by atoms with Crippen molar-refractivity contribution in [2.45, 2.75) is 82.8 Å². The molecule has 0 saturated heterocycles. The first-order chi connectivity index (χ1) is 15.7. The van der Waals surface area contributed by atoms with Crippen molar-refractivity contribution < 1.29 is 47.0 Å². The number of carboxylic acids is 2. The van der Waals surface area contributed by atoms with E-state index in [2.05, 4.69) is 6.92 Å². The van der Waals surface area contributed by atoms with Crippen LogP contribution >= 0.6 is 0 Å². The van der Waals surface area contributed by atoms with Gasteiger partial charge in [-0.15, -0.1) is 0 Å². The summed E-state index contributed by atoms with van der Waals surface area (Å²) in [7, 11) is -5.06. The van der Waals surface area contributed by atoms with Crippen LogP contribution in [0.25, 0.3) is 0 Å². The van der Waals surface area contributed by atoms with Crippen molar-refractivity contribution in [1.82, 2.24) is 0 Å². The number of carboxylic acid groups (broad SMARTS) is 2. The van der Waals surface area contributed by atoms with E-state index in [-0.39, 0.29) is 26.2 Å². The van der Waals surface area contributed by atoms with Crippen LogP contribution < -0.4 is 0 Å². The van der Waals surface area contributed by atoms with Gasteiger partial charge in [0.25, 0.3) is 10.1 Å². The molecule has 0 aromatic heterocycles. The van der Waals surface area contributed by atoms with Crippen LogP contribution in [0.3, 0.4) is 0 Å². The Morgan fingerprint density at radius 3 is 1.52 bits per heavy atom. The van der Waals surface area contributed by atoms with Crippen molar-refractivity contribution in [3.63, 3.8) is 0 Å². The predicted molar refractivity (Wildman–Crippen MR) is 123 cm³/mol. The molecule has 3 N–H and O–H groups in total. The molecule has 0 spiro atoms. The zero-order chi connectivity index (χ0) is 25.0. The second-order valence-electron chi connectivity index (χ2n) is 8.03. The molecule has 0 aromatic carbocycles. The summed E-state index contributed by atoms with van der Waals surface area (Å²) in [4.78, 5) is 22.2. The van der Waals surface area contributed by atoms with E-state index in [0.29, 0.717) is 19.8 Å².